The second kappa shape index (κ2) is 5.61. The lowest BCUT2D eigenvalue weighted by Gasteiger charge is -2.24. The Morgan fingerprint density at radius 3 is 2.42 bits per heavy atom. The Morgan fingerprint density at radius 1 is 1.26 bits per heavy atom. The van der Waals surface area contributed by atoms with Gasteiger partial charge in [0, 0.05) is 12.1 Å². The highest BCUT2D eigenvalue weighted by Gasteiger charge is 2.37. The Balaban J connectivity index is 1.92. The topological polar surface area (TPSA) is 72.2 Å². The number of sulfone groups is 1. The van der Waals surface area contributed by atoms with Crippen LogP contribution >= 0.6 is 0 Å². The first-order valence-corrected chi connectivity index (χ1v) is 8.48. The molecule has 0 amide bonds. The summed E-state index contributed by atoms with van der Waals surface area (Å²) < 4.78 is 23.0. The van der Waals surface area contributed by atoms with Crippen LogP contribution in [0.2, 0.25) is 0 Å². The van der Waals surface area contributed by atoms with E-state index in [1.165, 1.54) is 11.1 Å². The maximum absolute atomic E-state index is 11.5. The molecule has 1 fully saturated rings. The van der Waals surface area contributed by atoms with Gasteiger partial charge in [-0.2, -0.15) is 0 Å². The van der Waals surface area contributed by atoms with Crippen LogP contribution in [0, 0.1) is 0 Å². The van der Waals surface area contributed by atoms with Crippen LogP contribution in [-0.4, -0.2) is 32.0 Å². The first-order chi connectivity index (χ1) is 8.92. The number of nitrogens with one attached hydrogen (secondary N) is 1. The number of rotatable bonds is 5. The first kappa shape index (κ1) is 14.5. The zero-order chi connectivity index (χ0) is 13.9. The van der Waals surface area contributed by atoms with Gasteiger partial charge in [0.25, 0.3) is 0 Å². The molecule has 1 saturated heterocycles. The fourth-order valence-electron chi connectivity index (χ4n) is 2.46. The Hall–Kier alpha value is -0.910. The third-order valence-corrected chi connectivity index (χ3v) is 5.58. The van der Waals surface area contributed by atoms with Gasteiger partial charge in [-0.1, -0.05) is 24.3 Å². The average Bonchev–Trinajstić information content (AvgIpc) is 2.64. The number of hydrogen-bond donors (Lipinski definition) is 2. The van der Waals surface area contributed by atoms with E-state index in [0.29, 0.717) is 25.3 Å². The molecule has 1 unspecified atom stereocenters. The molecule has 1 aliphatic rings. The van der Waals surface area contributed by atoms with Crippen LogP contribution in [0.25, 0.3) is 0 Å². The van der Waals surface area contributed by atoms with Crippen molar-refractivity contribution in [2.24, 2.45) is 5.73 Å². The molecule has 4 nitrogen and oxygen atoms in total. The Morgan fingerprint density at radius 2 is 1.89 bits per heavy atom. The number of hydrogen-bond acceptors (Lipinski definition) is 4. The van der Waals surface area contributed by atoms with Gasteiger partial charge in [0.1, 0.15) is 0 Å². The largest absolute Gasteiger partial charge is 0.330 e. The van der Waals surface area contributed by atoms with Gasteiger partial charge in [0.2, 0.25) is 0 Å². The molecule has 0 aliphatic carbocycles. The van der Waals surface area contributed by atoms with Crippen LogP contribution in [-0.2, 0) is 22.8 Å². The molecule has 1 atom stereocenters. The van der Waals surface area contributed by atoms with E-state index in [1.807, 2.05) is 6.92 Å². The van der Waals surface area contributed by atoms with Crippen molar-refractivity contribution in [2.75, 3.05) is 18.1 Å². The Bertz CT molecular complexity index is 525. The van der Waals surface area contributed by atoms with E-state index in [0.717, 1.165) is 6.42 Å². The van der Waals surface area contributed by atoms with Crippen LogP contribution in [0.3, 0.4) is 0 Å². The molecule has 1 heterocycles. The van der Waals surface area contributed by atoms with Crippen molar-refractivity contribution in [3.05, 3.63) is 35.4 Å². The van der Waals surface area contributed by atoms with Crippen molar-refractivity contribution < 1.29 is 8.42 Å². The fourth-order valence-corrected chi connectivity index (χ4v) is 4.58. The maximum atomic E-state index is 11.5. The van der Waals surface area contributed by atoms with Crippen LogP contribution in [0.4, 0.5) is 0 Å². The third kappa shape index (κ3) is 4.03. The summed E-state index contributed by atoms with van der Waals surface area (Å²) in [5, 5.41) is 3.38. The molecule has 0 spiro atoms. The summed E-state index contributed by atoms with van der Waals surface area (Å²) in [5.41, 5.74) is 7.64. The highest BCUT2D eigenvalue weighted by atomic mass is 32.2. The normalized spacial score (nSPS) is 25.6. The molecule has 2 rings (SSSR count). The van der Waals surface area contributed by atoms with E-state index in [9.17, 15) is 8.42 Å². The van der Waals surface area contributed by atoms with Gasteiger partial charge in [-0.25, -0.2) is 8.42 Å². The molecular formula is C14H22N2O2S. The second-order valence-corrected chi connectivity index (χ2v) is 7.80. The monoisotopic (exact) mass is 282 g/mol. The van der Waals surface area contributed by atoms with Gasteiger partial charge < -0.3 is 11.1 Å². The lowest BCUT2D eigenvalue weighted by molar-refractivity contribution is 0.395. The van der Waals surface area contributed by atoms with E-state index in [1.54, 1.807) is 0 Å². The molecule has 5 heteroatoms. The van der Waals surface area contributed by atoms with Gasteiger partial charge in [-0.15, -0.1) is 0 Å². The first-order valence-electron chi connectivity index (χ1n) is 6.66. The SMILES string of the molecule is CC1(NCc2ccc(CCN)cc2)CCS(=O)(=O)C1. The molecule has 3 N–H and O–H groups in total. The standard InChI is InChI=1S/C14H22N2O2S/c1-14(7-9-19(17,18)11-14)16-10-13-4-2-12(3-5-13)6-8-15/h2-5,16H,6-11,15H2,1H3. The molecular weight excluding hydrogens is 260 g/mol. The summed E-state index contributed by atoms with van der Waals surface area (Å²) in [7, 11) is -2.85. The number of benzene rings is 1. The van der Waals surface area contributed by atoms with Crippen molar-refractivity contribution in [1.82, 2.24) is 5.32 Å². The Kier molecular flexibility index (Phi) is 4.28. The fraction of sp³-hybridized carbons (Fsp3) is 0.571. The van der Waals surface area contributed by atoms with E-state index >= 15 is 0 Å². The van der Waals surface area contributed by atoms with E-state index in [-0.39, 0.29) is 11.3 Å². The Labute approximate surface area is 115 Å². The molecule has 0 radical (unpaired) electrons. The zero-order valence-corrected chi connectivity index (χ0v) is 12.2. The van der Waals surface area contributed by atoms with Crippen molar-refractivity contribution in [3.63, 3.8) is 0 Å². The van der Waals surface area contributed by atoms with Gasteiger partial charge in [-0.3, -0.25) is 0 Å². The summed E-state index contributed by atoms with van der Waals surface area (Å²) in [6.07, 6.45) is 1.59. The van der Waals surface area contributed by atoms with Crippen molar-refractivity contribution in [2.45, 2.75) is 31.8 Å². The van der Waals surface area contributed by atoms with Gasteiger partial charge in [-0.05, 0) is 37.4 Å². The minimum atomic E-state index is -2.85. The summed E-state index contributed by atoms with van der Waals surface area (Å²) in [6.45, 7) is 3.35. The lowest BCUT2D eigenvalue weighted by Crippen LogP contribution is -2.42. The molecule has 1 aromatic rings. The molecule has 1 aromatic carbocycles. The lowest BCUT2D eigenvalue weighted by atomic mass is 10.0. The van der Waals surface area contributed by atoms with Crippen molar-refractivity contribution >= 4 is 9.84 Å². The van der Waals surface area contributed by atoms with Crippen LogP contribution in [0.1, 0.15) is 24.5 Å². The zero-order valence-electron chi connectivity index (χ0n) is 11.4. The van der Waals surface area contributed by atoms with Gasteiger partial charge in [0.15, 0.2) is 9.84 Å². The smallest absolute Gasteiger partial charge is 0.152 e. The predicted molar refractivity (Wildman–Crippen MR) is 77.7 cm³/mol. The highest BCUT2D eigenvalue weighted by Crippen LogP contribution is 2.23. The molecule has 1 aliphatic heterocycles. The quantitative estimate of drug-likeness (QED) is 0.840. The summed E-state index contributed by atoms with van der Waals surface area (Å²) in [6, 6.07) is 8.31. The van der Waals surface area contributed by atoms with Crippen LogP contribution in [0.5, 0.6) is 0 Å². The average molecular weight is 282 g/mol. The second-order valence-electron chi connectivity index (χ2n) is 5.61. The van der Waals surface area contributed by atoms with E-state index in [2.05, 4.69) is 29.6 Å². The number of nitrogens with two attached hydrogens (primary N) is 1. The molecule has 0 bridgehead atoms. The summed E-state index contributed by atoms with van der Waals surface area (Å²) in [4.78, 5) is 0. The highest BCUT2D eigenvalue weighted by molar-refractivity contribution is 7.91. The van der Waals surface area contributed by atoms with Crippen LogP contribution < -0.4 is 11.1 Å². The van der Waals surface area contributed by atoms with E-state index < -0.39 is 9.84 Å². The summed E-state index contributed by atoms with van der Waals surface area (Å²) >= 11 is 0. The van der Waals surface area contributed by atoms with E-state index in [4.69, 9.17) is 5.73 Å². The van der Waals surface area contributed by atoms with Crippen LogP contribution in [0.15, 0.2) is 24.3 Å². The molecule has 0 saturated carbocycles. The predicted octanol–water partition coefficient (Wildman–Crippen LogP) is 0.855. The van der Waals surface area contributed by atoms with Crippen molar-refractivity contribution in [1.29, 1.82) is 0 Å². The summed E-state index contributed by atoms with van der Waals surface area (Å²) in [5.74, 6) is 0.539. The molecule has 106 valence electrons. The van der Waals surface area contributed by atoms with Crippen molar-refractivity contribution in [3.8, 4) is 0 Å². The minimum Gasteiger partial charge on any atom is -0.330 e. The minimum absolute atomic E-state index is 0.241. The maximum Gasteiger partial charge on any atom is 0.152 e. The van der Waals surface area contributed by atoms with Gasteiger partial charge in [0.05, 0.1) is 11.5 Å². The molecule has 0 aromatic heterocycles. The third-order valence-electron chi connectivity index (χ3n) is 3.68. The molecule has 19 heavy (non-hydrogen) atoms. The van der Waals surface area contributed by atoms with Gasteiger partial charge >= 0.3 is 0 Å².